The molecule has 1 aromatic rings. The first-order chi connectivity index (χ1) is 7.86. The minimum atomic E-state index is -0.135. The van der Waals surface area contributed by atoms with Gasteiger partial charge in [0.2, 0.25) is 0 Å². The van der Waals surface area contributed by atoms with E-state index in [1.807, 2.05) is 42.5 Å². The second kappa shape index (κ2) is 5.11. The molecule has 0 bridgehead atoms. The van der Waals surface area contributed by atoms with Gasteiger partial charge in [-0.05, 0) is 11.6 Å². The molecule has 82 valence electrons. The third kappa shape index (κ3) is 2.70. The third-order valence-corrected chi connectivity index (χ3v) is 2.21. The summed E-state index contributed by atoms with van der Waals surface area (Å²) < 4.78 is 0. The van der Waals surface area contributed by atoms with Crippen molar-refractivity contribution in [2.45, 2.75) is 0 Å². The molecule has 1 saturated heterocycles. The number of hydrazone groups is 1. The highest BCUT2D eigenvalue weighted by Crippen LogP contribution is 2.00. The molecule has 1 fully saturated rings. The number of carbonyl (C=O) groups is 1. The molecule has 2 amide bonds. The van der Waals surface area contributed by atoms with Crippen LogP contribution in [0.5, 0.6) is 0 Å². The van der Waals surface area contributed by atoms with Crippen LogP contribution < -0.4 is 5.32 Å². The average molecular weight is 215 g/mol. The lowest BCUT2D eigenvalue weighted by atomic mass is 10.2. The SMILES string of the molecule is O=C1NCCN1N=CC=Cc1ccccc1. The summed E-state index contributed by atoms with van der Waals surface area (Å²) in [5.74, 6) is 0. The van der Waals surface area contributed by atoms with Gasteiger partial charge in [0.15, 0.2) is 0 Å². The van der Waals surface area contributed by atoms with Crippen molar-refractivity contribution in [1.82, 2.24) is 10.3 Å². The molecule has 2 rings (SSSR count). The summed E-state index contributed by atoms with van der Waals surface area (Å²) in [7, 11) is 0. The van der Waals surface area contributed by atoms with Crippen molar-refractivity contribution in [3.05, 3.63) is 42.0 Å². The van der Waals surface area contributed by atoms with Gasteiger partial charge in [-0.2, -0.15) is 5.10 Å². The van der Waals surface area contributed by atoms with Gasteiger partial charge in [-0.3, -0.25) is 0 Å². The number of nitrogens with one attached hydrogen (secondary N) is 1. The van der Waals surface area contributed by atoms with E-state index in [0.29, 0.717) is 13.1 Å². The number of amides is 2. The van der Waals surface area contributed by atoms with Crippen molar-refractivity contribution < 1.29 is 4.79 Å². The Balaban J connectivity index is 1.89. The molecule has 1 aliphatic rings. The lowest BCUT2D eigenvalue weighted by molar-refractivity contribution is 0.219. The van der Waals surface area contributed by atoms with Gasteiger partial charge in [0, 0.05) is 12.8 Å². The lowest BCUT2D eigenvalue weighted by Crippen LogP contribution is -2.22. The minimum absolute atomic E-state index is 0.135. The Labute approximate surface area is 94.3 Å². The normalized spacial score (nSPS) is 16.2. The monoisotopic (exact) mass is 215 g/mol. The number of hydrogen-bond acceptors (Lipinski definition) is 2. The van der Waals surface area contributed by atoms with Gasteiger partial charge < -0.3 is 5.32 Å². The summed E-state index contributed by atoms with van der Waals surface area (Å²) in [6, 6.07) is 9.80. The van der Waals surface area contributed by atoms with E-state index >= 15 is 0 Å². The van der Waals surface area contributed by atoms with Crippen LogP contribution in [0.3, 0.4) is 0 Å². The van der Waals surface area contributed by atoms with E-state index in [0.717, 1.165) is 5.56 Å². The van der Waals surface area contributed by atoms with Gasteiger partial charge in [-0.25, -0.2) is 9.80 Å². The highest BCUT2D eigenvalue weighted by molar-refractivity contribution is 5.81. The molecule has 1 aromatic carbocycles. The fraction of sp³-hybridized carbons (Fsp3) is 0.167. The Morgan fingerprint density at radius 2 is 2.12 bits per heavy atom. The van der Waals surface area contributed by atoms with Gasteiger partial charge in [0.25, 0.3) is 0 Å². The Bertz CT molecular complexity index is 412. The molecular weight excluding hydrogens is 202 g/mol. The second-order valence-electron chi connectivity index (χ2n) is 3.39. The zero-order chi connectivity index (χ0) is 11.2. The van der Waals surface area contributed by atoms with Gasteiger partial charge in [0.1, 0.15) is 0 Å². The van der Waals surface area contributed by atoms with Gasteiger partial charge in [-0.15, -0.1) is 0 Å². The Morgan fingerprint density at radius 1 is 1.31 bits per heavy atom. The largest absolute Gasteiger partial charge is 0.337 e. The number of rotatable bonds is 3. The number of benzene rings is 1. The molecule has 16 heavy (non-hydrogen) atoms. The molecule has 1 N–H and O–H groups in total. The number of hydrogen-bond donors (Lipinski definition) is 1. The van der Waals surface area contributed by atoms with E-state index in [2.05, 4.69) is 10.4 Å². The standard InChI is InChI=1S/C12H13N3O/c16-12-13-9-10-15(12)14-8-4-7-11-5-2-1-3-6-11/h1-8H,9-10H2,(H,13,16). The van der Waals surface area contributed by atoms with E-state index in [4.69, 9.17) is 0 Å². The van der Waals surface area contributed by atoms with Gasteiger partial charge in [-0.1, -0.05) is 36.4 Å². The molecule has 1 heterocycles. The van der Waals surface area contributed by atoms with Crippen molar-refractivity contribution in [2.24, 2.45) is 5.10 Å². The quantitative estimate of drug-likeness (QED) is 0.766. The Kier molecular flexibility index (Phi) is 3.33. The molecule has 0 atom stereocenters. The Morgan fingerprint density at radius 3 is 2.81 bits per heavy atom. The maximum atomic E-state index is 11.1. The number of nitrogens with zero attached hydrogens (tertiary/aromatic N) is 2. The zero-order valence-electron chi connectivity index (χ0n) is 8.84. The third-order valence-electron chi connectivity index (χ3n) is 2.21. The fourth-order valence-electron chi connectivity index (χ4n) is 1.41. The predicted octanol–water partition coefficient (Wildman–Crippen LogP) is 1.71. The average Bonchev–Trinajstić information content (AvgIpc) is 2.72. The first kappa shape index (κ1) is 10.4. The maximum absolute atomic E-state index is 11.1. The molecule has 0 spiro atoms. The summed E-state index contributed by atoms with van der Waals surface area (Å²) in [6.07, 6.45) is 5.39. The van der Waals surface area contributed by atoms with Crippen LogP contribution in [0.15, 0.2) is 41.5 Å². The molecule has 4 nitrogen and oxygen atoms in total. The smallest absolute Gasteiger partial charge is 0.335 e. The van der Waals surface area contributed by atoms with E-state index in [1.54, 1.807) is 6.21 Å². The maximum Gasteiger partial charge on any atom is 0.337 e. The van der Waals surface area contributed by atoms with Crippen LogP contribution >= 0.6 is 0 Å². The van der Waals surface area contributed by atoms with Crippen LogP contribution in [-0.4, -0.2) is 30.3 Å². The second-order valence-corrected chi connectivity index (χ2v) is 3.39. The lowest BCUT2D eigenvalue weighted by Gasteiger charge is -2.03. The first-order valence-electron chi connectivity index (χ1n) is 5.17. The molecule has 0 aliphatic carbocycles. The summed E-state index contributed by atoms with van der Waals surface area (Å²) in [6.45, 7) is 1.30. The number of carbonyl (C=O) groups excluding carboxylic acids is 1. The van der Waals surface area contributed by atoms with Crippen LogP contribution in [-0.2, 0) is 0 Å². The van der Waals surface area contributed by atoms with Gasteiger partial charge in [0.05, 0.1) is 6.54 Å². The van der Waals surface area contributed by atoms with Crippen molar-refractivity contribution in [3.63, 3.8) is 0 Å². The molecule has 1 aliphatic heterocycles. The summed E-state index contributed by atoms with van der Waals surface area (Å²) in [5.41, 5.74) is 1.11. The van der Waals surface area contributed by atoms with Crippen LogP contribution in [0, 0.1) is 0 Å². The fourth-order valence-corrected chi connectivity index (χ4v) is 1.41. The highest BCUT2D eigenvalue weighted by Gasteiger charge is 2.17. The van der Waals surface area contributed by atoms with Crippen molar-refractivity contribution in [1.29, 1.82) is 0 Å². The van der Waals surface area contributed by atoms with Crippen LogP contribution in [0.2, 0.25) is 0 Å². The summed E-state index contributed by atoms with van der Waals surface area (Å²) in [5, 5.41) is 8.12. The van der Waals surface area contributed by atoms with Crippen LogP contribution in [0.4, 0.5) is 4.79 Å². The van der Waals surface area contributed by atoms with Crippen molar-refractivity contribution >= 4 is 18.3 Å². The minimum Gasteiger partial charge on any atom is -0.335 e. The number of urea groups is 1. The van der Waals surface area contributed by atoms with E-state index in [9.17, 15) is 4.79 Å². The zero-order valence-corrected chi connectivity index (χ0v) is 8.84. The first-order valence-corrected chi connectivity index (χ1v) is 5.17. The molecule has 0 saturated carbocycles. The Hall–Kier alpha value is -2.10. The highest BCUT2D eigenvalue weighted by atomic mass is 16.2. The van der Waals surface area contributed by atoms with Crippen molar-refractivity contribution in [3.8, 4) is 0 Å². The summed E-state index contributed by atoms with van der Waals surface area (Å²) in [4.78, 5) is 11.1. The van der Waals surface area contributed by atoms with Gasteiger partial charge >= 0.3 is 6.03 Å². The molecule has 0 aromatic heterocycles. The van der Waals surface area contributed by atoms with E-state index < -0.39 is 0 Å². The molecular formula is C12H13N3O. The molecule has 0 radical (unpaired) electrons. The predicted molar refractivity (Wildman–Crippen MR) is 64.1 cm³/mol. The van der Waals surface area contributed by atoms with Crippen LogP contribution in [0.1, 0.15) is 5.56 Å². The topological polar surface area (TPSA) is 44.7 Å². The van der Waals surface area contributed by atoms with Crippen molar-refractivity contribution in [2.75, 3.05) is 13.1 Å². The molecule has 4 heteroatoms. The summed E-state index contributed by atoms with van der Waals surface area (Å²) >= 11 is 0. The molecule has 0 unspecified atom stereocenters. The van der Waals surface area contributed by atoms with E-state index in [-0.39, 0.29) is 6.03 Å². The van der Waals surface area contributed by atoms with Crippen LogP contribution in [0.25, 0.3) is 6.08 Å². The number of allylic oxidation sites excluding steroid dienone is 1. The van der Waals surface area contributed by atoms with E-state index in [1.165, 1.54) is 5.01 Å².